The molecule has 1 N–H and O–H groups in total. The summed E-state index contributed by atoms with van der Waals surface area (Å²) >= 11 is 0. The topological polar surface area (TPSA) is 91.3 Å². The van der Waals surface area contributed by atoms with Gasteiger partial charge in [-0.05, 0) is 57.8 Å². The Hall–Kier alpha value is -1.02. The van der Waals surface area contributed by atoms with Gasteiger partial charge in [-0.1, -0.05) is 173 Å². The molecule has 0 aromatic carbocycles. The molecule has 0 fully saturated rings. The fraction of sp³-hybridized carbons (Fsp3) is 0.894. The van der Waals surface area contributed by atoms with Crippen LogP contribution in [0.25, 0.3) is 0 Å². The molecule has 56 heavy (non-hydrogen) atoms. The predicted octanol–water partition coefficient (Wildman–Crippen LogP) is 14.0. The minimum atomic E-state index is -4.27. The molecule has 2 unspecified atom stereocenters. The van der Waals surface area contributed by atoms with Crippen LogP contribution < -0.4 is 0 Å². The number of phosphoric ester groups is 1. The fourth-order valence-electron chi connectivity index (χ4n) is 6.55. The van der Waals surface area contributed by atoms with Crippen LogP contribution in [0.3, 0.4) is 0 Å². The number of carbonyl (C=O) groups excluding carboxylic acids is 1. The van der Waals surface area contributed by atoms with Gasteiger partial charge in [-0.2, -0.15) is 0 Å². The van der Waals surface area contributed by atoms with Crippen molar-refractivity contribution >= 4 is 13.8 Å². The first-order valence-electron chi connectivity index (χ1n) is 23.6. The average Bonchev–Trinajstić information content (AvgIpc) is 3.15. The molecule has 0 heterocycles. The highest BCUT2D eigenvalue weighted by atomic mass is 31.2. The van der Waals surface area contributed by atoms with E-state index in [1.165, 1.54) is 141 Å². The number of allylic oxidation sites excluding steroid dienone is 4. The van der Waals surface area contributed by atoms with Crippen LogP contribution in [-0.2, 0) is 27.9 Å². The van der Waals surface area contributed by atoms with Crippen molar-refractivity contribution in [3.63, 3.8) is 0 Å². The number of hydrogen-bond donors (Lipinski definition) is 1. The molecule has 0 saturated heterocycles. The number of ether oxygens (including phenoxy) is 2. The first-order valence-corrected chi connectivity index (χ1v) is 25.1. The standard InChI is InChI=1S/C47H92NO7P/c1-6-8-10-12-14-16-18-19-20-21-22-23-24-25-26-27-28-29-30-31-33-35-37-39-42-52-44-46(45-54-56(50,51)53-43-41-48(3,4)5)55-47(49)40-38-36-34-32-17-15-13-11-9-7-2/h11,13,21-22,46H,6-10,12,14-20,23-45H2,1-5H3/p+1/b13-11-,22-21-. The Morgan fingerprint density at radius 2 is 0.964 bits per heavy atom. The fourth-order valence-corrected chi connectivity index (χ4v) is 7.29. The molecule has 0 aliphatic carbocycles. The van der Waals surface area contributed by atoms with Crippen LogP contribution in [0.1, 0.15) is 213 Å². The van der Waals surface area contributed by atoms with Gasteiger partial charge >= 0.3 is 13.8 Å². The number of esters is 1. The molecule has 0 rings (SSSR count). The molecule has 0 amide bonds. The van der Waals surface area contributed by atoms with E-state index in [-0.39, 0.29) is 25.8 Å². The van der Waals surface area contributed by atoms with E-state index in [1.807, 2.05) is 21.1 Å². The SMILES string of the molecule is CCC/C=C\CCCCCCCC(=O)OC(COCCCCCCCCCCCCCC/C=C\CCCCCCCCCC)COP(=O)(O)OCC[N+](C)(C)C. The van der Waals surface area contributed by atoms with Gasteiger partial charge in [0.2, 0.25) is 0 Å². The van der Waals surface area contributed by atoms with Crippen LogP contribution in [-0.4, -0.2) is 75.6 Å². The van der Waals surface area contributed by atoms with Crippen LogP contribution in [0.2, 0.25) is 0 Å². The molecule has 8 nitrogen and oxygen atoms in total. The molecule has 332 valence electrons. The van der Waals surface area contributed by atoms with Gasteiger partial charge in [0.15, 0.2) is 0 Å². The zero-order valence-electron chi connectivity index (χ0n) is 37.6. The summed E-state index contributed by atoms with van der Waals surface area (Å²) in [6.45, 7) is 5.57. The van der Waals surface area contributed by atoms with Crippen LogP contribution in [0.4, 0.5) is 0 Å². The van der Waals surface area contributed by atoms with E-state index in [9.17, 15) is 14.3 Å². The molecule has 0 aromatic rings. The van der Waals surface area contributed by atoms with Crippen LogP contribution >= 0.6 is 7.82 Å². The van der Waals surface area contributed by atoms with Gasteiger partial charge in [0.05, 0.1) is 34.4 Å². The third-order valence-corrected chi connectivity index (χ3v) is 11.2. The second-order valence-electron chi connectivity index (χ2n) is 17.1. The van der Waals surface area contributed by atoms with Gasteiger partial charge in [0.25, 0.3) is 0 Å². The molecule has 0 aliphatic rings. The van der Waals surface area contributed by atoms with E-state index in [0.29, 0.717) is 24.1 Å². The average molecular weight is 815 g/mol. The lowest BCUT2D eigenvalue weighted by atomic mass is 10.0. The first kappa shape index (κ1) is 55.0. The van der Waals surface area contributed by atoms with Crippen molar-refractivity contribution in [2.24, 2.45) is 0 Å². The monoisotopic (exact) mass is 815 g/mol. The number of nitrogens with zero attached hydrogens (tertiary/aromatic N) is 1. The van der Waals surface area contributed by atoms with Gasteiger partial charge in [-0.25, -0.2) is 4.57 Å². The van der Waals surface area contributed by atoms with Gasteiger partial charge in [0, 0.05) is 13.0 Å². The smallest absolute Gasteiger partial charge is 0.457 e. The maximum atomic E-state index is 12.6. The van der Waals surface area contributed by atoms with Gasteiger partial charge in [-0.3, -0.25) is 13.8 Å². The summed E-state index contributed by atoms with van der Waals surface area (Å²) in [6.07, 6.45) is 46.6. The highest BCUT2D eigenvalue weighted by Crippen LogP contribution is 2.43. The van der Waals surface area contributed by atoms with E-state index in [2.05, 4.69) is 38.2 Å². The molecule has 2 atom stereocenters. The maximum Gasteiger partial charge on any atom is 0.472 e. The Kier molecular flexibility index (Phi) is 40.0. The minimum absolute atomic E-state index is 0.0883. The van der Waals surface area contributed by atoms with E-state index in [1.54, 1.807) is 0 Å². The van der Waals surface area contributed by atoms with Crippen LogP contribution in [0.5, 0.6) is 0 Å². The molecule has 0 spiro atoms. The largest absolute Gasteiger partial charge is 0.472 e. The van der Waals surface area contributed by atoms with Crippen molar-refractivity contribution in [2.45, 2.75) is 219 Å². The summed E-state index contributed by atoms with van der Waals surface area (Å²) in [5.41, 5.74) is 0. The molecule has 0 saturated carbocycles. The highest BCUT2D eigenvalue weighted by molar-refractivity contribution is 7.47. The zero-order valence-corrected chi connectivity index (χ0v) is 38.5. The van der Waals surface area contributed by atoms with Gasteiger partial charge in [0.1, 0.15) is 19.3 Å². The summed E-state index contributed by atoms with van der Waals surface area (Å²) in [6, 6.07) is 0. The van der Waals surface area contributed by atoms with Crippen molar-refractivity contribution in [3.8, 4) is 0 Å². The van der Waals surface area contributed by atoms with Crippen molar-refractivity contribution < 1.29 is 37.3 Å². The Labute approximate surface area is 347 Å². The quantitative estimate of drug-likeness (QED) is 0.0215. The zero-order chi connectivity index (χ0) is 41.3. The molecular weight excluding hydrogens is 721 g/mol. The van der Waals surface area contributed by atoms with E-state index < -0.39 is 13.9 Å². The van der Waals surface area contributed by atoms with Crippen molar-refractivity contribution in [2.75, 3.05) is 54.1 Å². The minimum Gasteiger partial charge on any atom is -0.457 e. The third-order valence-electron chi connectivity index (χ3n) is 10.2. The number of unbranched alkanes of at least 4 members (excludes halogenated alkanes) is 26. The van der Waals surface area contributed by atoms with E-state index in [4.69, 9.17) is 18.5 Å². The van der Waals surface area contributed by atoms with Crippen LogP contribution in [0.15, 0.2) is 24.3 Å². The number of rotatable bonds is 44. The molecular formula is C47H93NO7P+. The number of likely N-dealkylation sites (N-methyl/N-ethyl adjacent to an activating group) is 1. The van der Waals surface area contributed by atoms with Gasteiger partial charge < -0.3 is 18.9 Å². The van der Waals surface area contributed by atoms with Crippen molar-refractivity contribution in [1.29, 1.82) is 0 Å². The molecule has 0 aromatic heterocycles. The lowest BCUT2D eigenvalue weighted by Crippen LogP contribution is -2.37. The van der Waals surface area contributed by atoms with E-state index in [0.717, 1.165) is 51.4 Å². The number of quaternary nitrogens is 1. The highest BCUT2D eigenvalue weighted by Gasteiger charge is 2.26. The summed E-state index contributed by atoms with van der Waals surface area (Å²) < 4.78 is 35.0. The number of phosphoric acid groups is 1. The maximum absolute atomic E-state index is 12.6. The van der Waals surface area contributed by atoms with Crippen molar-refractivity contribution in [3.05, 3.63) is 24.3 Å². The molecule has 9 heteroatoms. The molecule has 0 bridgehead atoms. The normalized spacial score (nSPS) is 13.9. The molecule has 0 aliphatic heterocycles. The Morgan fingerprint density at radius 1 is 0.536 bits per heavy atom. The Bertz CT molecular complexity index is 951. The first-order chi connectivity index (χ1) is 27.1. The third kappa shape index (κ3) is 44.1. The summed E-state index contributed by atoms with van der Waals surface area (Å²) in [5.74, 6) is -0.323. The van der Waals surface area contributed by atoms with Gasteiger partial charge in [-0.15, -0.1) is 0 Å². The summed E-state index contributed by atoms with van der Waals surface area (Å²) in [5, 5.41) is 0. The lowest BCUT2D eigenvalue weighted by molar-refractivity contribution is -0.870. The van der Waals surface area contributed by atoms with Crippen LogP contribution in [0, 0.1) is 0 Å². The number of hydrogen-bond acceptors (Lipinski definition) is 6. The summed E-state index contributed by atoms with van der Waals surface area (Å²) in [4.78, 5) is 22.8. The Morgan fingerprint density at radius 3 is 1.43 bits per heavy atom. The second-order valence-corrected chi connectivity index (χ2v) is 18.6. The Balaban J connectivity index is 4.03. The lowest BCUT2D eigenvalue weighted by Gasteiger charge is -2.24. The molecule has 0 radical (unpaired) electrons. The second kappa shape index (κ2) is 40.7. The summed E-state index contributed by atoms with van der Waals surface area (Å²) in [7, 11) is 1.67. The predicted molar refractivity (Wildman–Crippen MR) is 238 cm³/mol. The van der Waals surface area contributed by atoms with E-state index >= 15 is 0 Å². The van der Waals surface area contributed by atoms with Crippen molar-refractivity contribution in [1.82, 2.24) is 0 Å². The number of carbonyl (C=O) groups is 1.